The molecular weight excluding hydrogens is 300 g/mol. The number of halogens is 2. The Hall–Kier alpha value is -3.02. The summed E-state index contributed by atoms with van der Waals surface area (Å²) < 4.78 is 26.4. The van der Waals surface area contributed by atoms with Gasteiger partial charge >= 0.3 is 0 Å². The number of nitrogens with zero attached hydrogens (tertiary/aromatic N) is 1. The smallest absolute Gasteiger partial charge is 0.252 e. The summed E-state index contributed by atoms with van der Waals surface area (Å²) in [6.07, 6.45) is 0. The fourth-order valence-corrected chi connectivity index (χ4v) is 2.15. The lowest BCUT2D eigenvalue weighted by molar-refractivity contribution is 0.584. The number of rotatable bonds is 3. The van der Waals surface area contributed by atoms with Crippen LogP contribution in [0, 0.1) is 18.6 Å². The monoisotopic (exact) mass is 313 g/mol. The lowest BCUT2D eigenvalue weighted by Crippen LogP contribution is -2.10. The van der Waals surface area contributed by atoms with Crippen molar-refractivity contribution in [1.82, 2.24) is 9.97 Å². The molecule has 0 bridgehead atoms. The molecule has 116 valence electrons. The number of hydrogen-bond donors (Lipinski definition) is 2. The molecule has 0 atom stereocenters. The number of benzene rings is 2. The largest absolute Gasteiger partial charge is 0.325 e. The van der Waals surface area contributed by atoms with Crippen LogP contribution in [0.1, 0.15) is 5.56 Å². The van der Waals surface area contributed by atoms with Crippen molar-refractivity contribution >= 4 is 11.6 Å². The Labute approximate surface area is 130 Å². The van der Waals surface area contributed by atoms with Crippen LogP contribution in [-0.2, 0) is 0 Å². The van der Waals surface area contributed by atoms with Crippen molar-refractivity contribution in [3.8, 4) is 11.3 Å². The van der Waals surface area contributed by atoms with Gasteiger partial charge in [-0.05, 0) is 19.1 Å². The average Bonchev–Trinajstić information content (AvgIpc) is 2.46. The zero-order valence-electron chi connectivity index (χ0n) is 12.2. The van der Waals surface area contributed by atoms with E-state index in [1.807, 2.05) is 31.2 Å². The molecule has 0 amide bonds. The van der Waals surface area contributed by atoms with Crippen LogP contribution >= 0.6 is 0 Å². The number of H-pyrrole nitrogens is 1. The first kappa shape index (κ1) is 14.9. The maximum Gasteiger partial charge on any atom is 0.252 e. The van der Waals surface area contributed by atoms with E-state index in [9.17, 15) is 13.6 Å². The lowest BCUT2D eigenvalue weighted by Gasteiger charge is -2.08. The second-order valence-corrected chi connectivity index (χ2v) is 5.13. The third-order valence-corrected chi connectivity index (χ3v) is 3.21. The molecule has 0 aliphatic rings. The van der Waals surface area contributed by atoms with Crippen molar-refractivity contribution < 1.29 is 8.78 Å². The van der Waals surface area contributed by atoms with Gasteiger partial charge in [-0.25, -0.2) is 13.8 Å². The Bertz CT molecular complexity index is 884. The highest BCUT2D eigenvalue weighted by Crippen LogP contribution is 2.20. The molecule has 2 N–H and O–H groups in total. The molecule has 3 aromatic rings. The van der Waals surface area contributed by atoms with Crippen LogP contribution in [0.5, 0.6) is 0 Å². The molecule has 0 saturated heterocycles. The Kier molecular flexibility index (Phi) is 3.89. The molecule has 0 unspecified atom stereocenters. The van der Waals surface area contributed by atoms with Gasteiger partial charge in [0.2, 0.25) is 5.95 Å². The number of nitrogens with one attached hydrogen (secondary N) is 2. The summed E-state index contributed by atoms with van der Waals surface area (Å²) >= 11 is 0. The number of anilines is 2. The highest BCUT2D eigenvalue weighted by Gasteiger charge is 2.06. The number of aryl methyl sites for hydroxylation is 1. The number of hydrogen-bond acceptors (Lipinski definition) is 3. The normalized spacial score (nSPS) is 10.6. The Morgan fingerprint density at radius 3 is 2.30 bits per heavy atom. The van der Waals surface area contributed by atoms with Gasteiger partial charge in [0.15, 0.2) is 0 Å². The van der Waals surface area contributed by atoms with Gasteiger partial charge in [-0.3, -0.25) is 9.78 Å². The third-order valence-electron chi connectivity index (χ3n) is 3.21. The molecule has 3 rings (SSSR count). The van der Waals surface area contributed by atoms with Crippen molar-refractivity contribution in [3.63, 3.8) is 0 Å². The van der Waals surface area contributed by atoms with Crippen molar-refractivity contribution in [2.24, 2.45) is 0 Å². The lowest BCUT2D eigenvalue weighted by atomic mass is 10.1. The summed E-state index contributed by atoms with van der Waals surface area (Å²) in [6, 6.07) is 11.9. The Morgan fingerprint density at radius 2 is 1.65 bits per heavy atom. The molecule has 0 radical (unpaired) electrons. The van der Waals surface area contributed by atoms with Gasteiger partial charge in [0.1, 0.15) is 11.6 Å². The van der Waals surface area contributed by atoms with Crippen LogP contribution in [0.15, 0.2) is 53.3 Å². The van der Waals surface area contributed by atoms with Crippen molar-refractivity contribution in [1.29, 1.82) is 0 Å². The molecule has 1 aromatic heterocycles. The van der Waals surface area contributed by atoms with Gasteiger partial charge in [0.25, 0.3) is 5.56 Å². The summed E-state index contributed by atoms with van der Waals surface area (Å²) in [7, 11) is 0. The molecule has 2 aromatic carbocycles. The fourth-order valence-electron chi connectivity index (χ4n) is 2.15. The minimum absolute atomic E-state index is 0.109. The van der Waals surface area contributed by atoms with Crippen LogP contribution in [-0.4, -0.2) is 9.97 Å². The van der Waals surface area contributed by atoms with E-state index in [0.717, 1.165) is 29.3 Å². The summed E-state index contributed by atoms with van der Waals surface area (Å²) in [5.74, 6) is -1.33. The minimum Gasteiger partial charge on any atom is -0.325 e. The number of aromatic nitrogens is 2. The zero-order valence-corrected chi connectivity index (χ0v) is 12.2. The van der Waals surface area contributed by atoms with Gasteiger partial charge in [0, 0.05) is 23.4 Å². The van der Waals surface area contributed by atoms with E-state index in [0.29, 0.717) is 5.69 Å². The highest BCUT2D eigenvalue weighted by atomic mass is 19.1. The fraction of sp³-hybridized carbons (Fsp3) is 0.0588. The molecule has 0 aliphatic carbocycles. The molecular formula is C17H13F2N3O. The quantitative estimate of drug-likeness (QED) is 0.774. The standard InChI is InChI=1S/C17H13F2N3O/c1-10-2-4-11(5-3-10)15-9-16(23)22-17(21-15)20-14-7-12(18)6-13(19)8-14/h2-9H,1H3,(H2,20,21,22,23). The van der Waals surface area contributed by atoms with E-state index < -0.39 is 11.6 Å². The average molecular weight is 313 g/mol. The first-order chi connectivity index (χ1) is 11.0. The van der Waals surface area contributed by atoms with E-state index in [2.05, 4.69) is 15.3 Å². The Balaban J connectivity index is 1.97. The van der Waals surface area contributed by atoms with E-state index in [4.69, 9.17) is 0 Å². The zero-order chi connectivity index (χ0) is 16.4. The van der Waals surface area contributed by atoms with Crippen LogP contribution in [0.25, 0.3) is 11.3 Å². The van der Waals surface area contributed by atoms with Gasteiger partial charge in [-0.2, -0.15) is 0 Å². The maximum atomic E-state index is 13.2. The molecule has 4 nitrogen and oxygen atoms in total. The molecule has 1 heterocycles. The van der Waals surface area contributed by atoms with E-state index in [1.54, 1.807) is 0 Å². The van der Waals surface area contributed by atoms with E-state index >= 15 is 0 Å². The molecule has 0 fully saturated rings. The van der Waals surface area contributed by atoms with Gasteiger partial charge < -0.3 is 5.32 Å². The minimum atomic E-state index is -0.718. The SMILES string of the molecule is Cc1ccc(-c2cc(=O)[nH]c(Nc3cc(F)cc(F)c3)n2)cc1. The van der Waals surface area contributed by atoms with Crippen LogP contribution in [0.3, 0.4) is 0 Å². The van der Waals surface area contributed by atoms with Crippen LogP contribution < -0.4 is 10.9 Å². The van der Waals surface area contributed by atoms with Crippen LogP contribution in [0.2, 0.25) is 0 Å². The highest BCUT2D eigenvalue weighted by molar-refractivity contribution is 5.62. The predicted molar refractivity (Wildman–Crippen MR) is 84.7 cm³/mol. The molecule has 23 heavy (non-hydrogen) atoms. The van der Waals surface area contributed by atoms with Gasteiger partial charge in [-0.15, -0.1) is 0 Å². The topological polar surface area (TPSA) is 57.8 Å². The third kappa shape index (κ3) is 3.60. The molecule has 0 saturated carbocycles. The van der Waals surface area contributed by atoms with E-state index in [-0.39, 0.29) is 17.2 Å². The second kappa shape index (κ2) is 6.00. The van der Waals surface area contributed by atoms with Gasteiger partial charge in [-0.1, -0.05) is 29.8 Å². The van der Waals surface area contributed by atoms with Crippen molar-refractivity contribution in [2.75, 3.05) is 5.32 Å². The maximum absolute atomic E-state index is 13.2. The summed E-state index contributed by atoms with van der Waals surface area (Å²) in [6.45, 7) is 1.96. The van der Waals surface area contributed by atoms with Gasteiger partial charge in [0.05, 0.1) is 5.69 Å². The molecule has 6 heteroatoms. The first-order valence-corrected chi connectivity index (χ1v) is 6.91. The second-order valence-electron chi connectivity index (χ2n) is 5.13. The van der Waals surface area contributed by atoms with Crippen LogP contribution in [0.4, 0.5) is 20.4 Å². The summed E-state index contributed by atoms with van der Waals surface area (Å²) in [5.41, 5.74) is 2.12. The molecule has 0 aliphatic heterocycles. The van der Waals surface area contributed by atoms with E-state index in [1.165, 1.54) is 6.07 Å². The summed E-state index contributed by atoms with van der Waals surface area (Å²) in [4.78, 5) is 18.6. The van der Waals surface area contributed by atoms with Crippen molar-refractivity contribution in [3.05, 3.63) is 76.1 Å². The number of aromatic amines is 1. The first-order valence-electron chi connectivity index (χ1n) is 6.91. The van der Waals surface area contributed by atoms with Crippen molar-refractivity contribution in [2.45, 2.75) is 6.92 Å². The predicted octanol–water partition coefficient (Wildman–Crippen LogP) is 3.77. The Morgan fingerprint density at radius 1 is 1.00 bits per heavy atom. The summed E-state index contributed by atoms with van der Waals surface area (Å²) in [5, 5.41) is 2.70. The molecule has 0 spiro atoms.